The Morgan fingerprint density at radius 1 is 0.971 bits per heavy atom. The molecule has 0 saturated carbocycles. The smallest absolute Gasteiger partial charge is 0.342 e. The summed E-state index contributed by atoms with van der Waals surface area (Å²) in [7, 11) is 0. The fourth-order valence-electron chi connectivity index (χ4n) is 4.05. The second kappa shape index (κ2) is 10.2. The van der Waals surface area contributed by atoms with Gasteiger partial charge in [0.05, 0.1) is 11.0 Å². The summed E-state index contributed by atoms with van der Waals surface area (Å²) in [6.07, 6.45) is 0.987. The number of esters is 1. The lowest BCUT2D eigenvalue weighted by molar-refractivity contribution is -0.384. The van der Waals surface area contributed by atoms with Crippen molar-refractivity contribution >= 4 is 23.5 Å². The van der Waals surface area contributed by atoms with Gasteiger partial charge in [0.25, 0.3) is 5.69 Å². The van der Waals surface area contributed by atoms with Crippen molar-refractivity contribution in [2.75, 3.05) is 13.1 Å². The van der Waals surface area contributed by atoms with Crippen LogP contribution in [-0.4, -0.2) is 40.8 Å². The van der Waals surface area contributed by atoms with E-state index in [9.17, 15) is 19.7 Å². The molecule has 1 aliphatic rings. The molecule has 0 N–H and O–H groups in total. The number of rotatable bonds is 8. The first-order valence-corrected chi connectivity index (χ1v) is 10.9. The molecule has 1 saturated heterocycles. The summed E-state index contributed by atoms with van der Waals surface area (Å²) < 4.78 is 5.61. The second-order valence-electron chi connectivity index (χ2n) is 8.17. The summed E-state index contributed by atoms with van der Waals surface area (Å²) >= 11 is 0. The van der Waals surface area contributed by atoms with Crippen molar-refractivity contribution in [2.24, 2.45) is 0 Å². The molecule has 0 spiro atoms. The zero-order valence-corrected chi connectivity index (χ0v) is 18.7. The number of hydrogen-bond acceptors (Lipinski definition) is 6. The predicted octanol–water partition coefficient (Wildman–Crippen LogP) is 4.58. The fourth-order valence-corrected chi connectivity index (χ4v) is 4.05. The highest BCUT2D eigenvalue weighted by Crippen LogP contribution is 2.33. The Hall–Kier alpha value is -4.10. The molecule has 0 aliphatic carbocycles. The van der Waals surface area contributed by atoms with E-state index in [1.165, 1.54) is 31.2 Å². The van der Waals surface area contributed by atoms with E-state index < -0.39 is 16.7 Å². The third kappa shape index (κ3) is 5.27. The van der Waals surface area contributed by atoms with E-state index in [0.717, 1.165) is 11.1 Å². The SMILES string of the molecule is CC(=O)C(=Cc1cccc([N+](=O)[O-])c1)C(=O)OC1CN(C(c2ccccc2)c2ccccc2)C1. The van der Waals surface area contributed by atoms with Crippen molar-refractivity contribution < 1.29 is 19.2 Å². The third-order valence-corrected chi connectivity index (χ3v) is 5.74. The summed E-state index contributed by atoms with van der Waals surface area (Å²) in [5, 5.41) is 11.0. The summed E-state index contributed by atoms with van der Waals surface area (Å²) in [5.74, 6) is -1.18. The lowest BCUT2D eigenvalue weighted by atomic mass is 9.94. The molecule has 0 bridgehead atoms. The maximum Gasteiger partial charge on any atom is 0.342 e. The number of likely N-dealkylation sites (tertiary alicyclic amines) is 1. The quantitative estimate of drug-likeness (QED) is 0.123. The molecule has 7 nitrogen and oxygen atoms in total. The van der Waals surface area contributed by atoms with Crippen molar-refractivity contribution in [3.8, 4) is 0 Å². The Morgan fingerprint density at radius 3 is 2.09 bits per heavy atom. The van der Waals surface area contributed by atoms with Gasteiger partial charge in [0.1, 0.15) is 11.7 Å². The number of carbonyl (C=O) groups is 2. The fraction of sp³-hybridized carbons (Fsp3) is 0.185. The lowest BCUT2D eigenvalue weighted by Crippen LogP contribution is -2.54. The van der Waals surface area contributed by atoms with Gasteiger partial charge in [0.2, 0.25) is 0 Å². The van der Waals surface area contributed by atoms with Crippen LogP contribution < -0.4 is 0 Å². The Balaban J connectivity index is 1.46. The number of ketones is 1. The van der Waals surface area contributed by atoms with Gasteiger partial charge >= 0.3 is 5.97 Å². The summed E-state index contributed by atoms with van der Waals surface area (Å²) in [5.41, 5.74) is 2.43. The van der Waals surface area contributed by atoms with Crippen molar-refractivity contribution in [3.63, 3.8) is 0 Å². The molecule has 172 valence electrons. The van der Waals surface area contributed by atoms with E-state index in [2.05, 4.69) is 29.2 Å². The van der Waals surface area contributed by atoms with Crippen LogP contribution in [0.1, 0.15) is 29.7 Å². The second-order valence-corrected chi connectivity index (χ2v) is 8.17. The van der Waals surface area contributed by atoms with E-state index >= 15 is 0 Å². The Labute approximate surface area is 197 Å². The van der Waals surface area contributed by atoms with Gasteiger partial charge in [-0.1, -0.05) is 72.8 Å². The summed E-state index contributed by atoms with van der Waals surface area (Å²) in [6.45, 7) is 2.34. The van der Waals surface area contributed by atoms with Gasteiger partial charge in [-0.2, -0.15) is 0 Å². The minimum Gasteiger partial charge on any atom is -0.456 e. The highest BCUT2D eigenvalue weighted by Gasteiger charge is 2.37. The number of ether oxygens (including phenoxy) is 1. The average Bonchev–Trinajstić information content (AvgIpc) is 2.82. The normalized spacial score (nSPS) is 14.5. The molecule has 0 radical (unpaired) electrons. The maximum atomic E-state index is 12.8. The minimum atomic E-state index is -0.723. The summed E-state index contributed by atoms with van der Waals surface area (Å²) in [6, 6.07) is 26.0. The minimum absolute atomic E-state index is 0.0324. The number of nitrogens with zero attached hydrogens (tertiary/aromatic N) is 2. The van der Waals surface area contributed by atoms with Crippen molar-refractivity contribution in [2.45, 2.75) is 19.1 Å². The molecule has 0 unspecified atom stereocenters. The van der Waals surface area contributed by atoms with Gasteiger partial charge in [-0.3, -0.25) is 19.8 Å². The zero-order chi connectivity index (χ0) is 24.1. The Morgan fingerprint density at radius 2 is 1.56 bits per heavy atom. The van der Waals surface area contributed by atoms with Crippen LogP contribution in [0.4, 0.5) is 5.69 Å². The number of nitro groups is 1. The highest BCUT2D eigenvalue weighted by atomic mass is 16.6. The number of Topliss-reactive ketones (excluding diaryl/α,β-unsaturated/α-hetero) is 1. The summed E-state index contributed by atoms with van der Waals surface area (Å²) in [4.78, 5) is 37.6. The lowest BCUT2D eigenvalue weighted by Gasteiger charge is -2.44. The van der Waals surface area contributed by atoms with Crippen molar-refractivity contribution in [1.82, 2.24) is 4.90 Å². The largest absolute Gasteiger partial charge is 0.456 e. The number of hydrogen-bond donors (Lipinski definition) is 0. The van der Waals surface area contributed by atoms with Crippen LogP contribution >= 0.6 is 0 Å². The Kier molecular flexibility index (Phi) is 6.94. The van der Waals surface area contributed by atoms with Crippen molar-refractivity contribution in [3.05, 3.63) is 117 Å². The molecule has 0 aromatic heterocycles. The van der Waals surface area contributed by atoms with Crippen LogP contribution in [-0.2, 0) is 14.3 Å². The zero-order valence-electron chi connectivity index (χ0n) is 18.7. The first kappa shape index (κ1) is 23.1. The van der Waals surface area contributed by atoms with Crippen LogP contribution in [0, 0.1) is 10.1 Å². The molecule has 34 heavy (non-hydrogen) atoms. The van der Waals surface area contributed by atoms with E-state index in [-0.39, 0.29) is 23.4 Å². The number of non-ortho nitro benzene ring substituents is 1. The predicted molar refractivity (Wildman–Crippen MR) is 128 cm³/mol. The van der Waals surface area contributed by atoms with Crippen molar-refractivity contribution in [1.29, 1.82) is 0 Å². The van der Waals surface area contributed by atoms with Gasteiger partial charge in [-0.25, -0.2) is 4.79 Å². The molecule has 1 aliphatic heterocycles. The van der Waals surface area contributed by atoms with E-state index in [1.54, 1.807) is 6.07 Å². The standard InChI is InChI=1S/C27H24N2O5/c1-19(30)25(16-20-9-8-14-23(15-20)29(32)33)27(31)34-24-17-28(18-24)26(21-10-4-2-5-11-21)22-12-6-3-7-13-22/h2-16,24,26H,17-18H2,1H3. The molecule has 0 atom stereocenters. The van der Waals surface area contributed by atoms with E-state index in [4.69, 9.17) is 4.74 Å². The Bertz CT molecular complexity index is 1180. The molecular formula is C27H24N2O5. The highest BCUT2D eigenvalue weighted by molar-refractivity contribution is 6.19. The first-order valence-electron chi connectivity index (χ1n) is 10.9. The maximum absolute atomic E-state index is 12.8. The van der Waals surface area contributed by atoms with Crippen LogP contribution in [0.25, 0.3) is 6.08 Å². The molecule has 3 aromatic carbocycles. The first-order chi connectivity index (χ1) is 16.4. The molecular weight excluding hydrogens is 432 g/mol. The number of carbonyl (C=O) groups excluding carboxylic acids is 2. The molecule has 7 heteroatoms. The van der Waals surface area contributed by atoms with Crippen LogP contribution in [0.15, 0.2) is 90.5 Å². The van der Waals surface area contributed by atoms with Gasteiger partial charge < -0.3 is 4.74 Å². The molecule has 4 rings (SSSR count). The van der Waals surface area contributed by atoms with Crippen LogP contribution in [0.3, 0.4) is 0 Å². The van der Waals surface area contributed by atoms with Gasteiger partial charge in [-0.05, 0) is 29.7 Å². The number of benzene rings is 3. The molecule has 1 heterocycles. The van der Waals surface area contributed by atoms with Crippen LogP contribution in [0.5, 0.6) is 0 Å². The molecule has 3 aromatic rings. The van der Waals surface area contributed by atoms with E-state index in [1.807, 2.05) is 36.4 Å². The van der Waals surface area contributed by atoms with Gasteiger partial charge in [-0.15, -0.1) is 0 Å². The molecule has 1 fully saturated rings. The van der Waals surface area contributed by atoms with Crippen LogP contribution in [0.2, 0.25) is 0 Å². The van der Waals surface area contributed by atoms with E-state index in [0.29, 0.717) is 18.7 Å². The molecule has 0 amide bonds. The van der Waals surface area contributed by atoms with Gasteiger partial charge in [0.15, 0.2) is 5.78 Å². The van der Waals surface area contributed by atoms with Gasteiger partial charge in [0, 0.05) is 25.2 Å². The number of nitro benzene ring substituents is 1. The monoisotopic (exact) mass is 456 g/mol. The topological polar surface area (TPSA) is 89.8 Å². The third-order valence-electron chi connectivity index (χ3n) is 5.74. The average molecular weight is 456 g/mol.